The van der Waals surface area contributed by atoms with E-state index in [-0.39, 0.29) is 11.9 Å². The lowest BCUT2D eigenvalue weighted by molar-refractivity contribution is -0.119. The van der Waals surface area contributed by atoms with Gasteiger partial charge in [-0.2, -0.15) is 5.10 Å². The molecule has 0 saturated carbocycles. The second-order valence-corrected chi connectivity index (χ2v) is 4.80. The molecule has 0 saturated heterocycles. The fourth-order valence-corrected chi connectivity index (χ4v) is 2.09. The van der Waals surface area contributed by atoms with Gasteiger partial charge in [-0.15, -0.1) is 0 Å². The fourth-order valence-electron chi connectivity index (χ4n) is 1.50. The van der Waals surface area contributed by atoms with E-state index >= 15 is 0 Å². The number of carbonyl (C=O) groups excluding carboxylic acids is 1. The van der Waals surface area contributed by atoms with E-state index in [9.17, 15) is 4.79 Å². The predicted molar refractivity (Wildman–Crippen MR) is 67.1 cm³/mol. The van der Waals surface area contributed by atoms with Crippen LogP contribution in [0.1, 0.15) is 12.7 Å². The maximum Gasteiger partial charge on any atom is 0.230 e. The van der Waals surface area contributed by atoms with Crippen LogP contribution in [0.2, 0.25) is 0 Å². The number of H-pyrrole nitrogens is 1. The zero-order valence-corrected chi connectivity index (χ0v) is 10.7. The number of hydrogen-bond acceptors (Lipinski definition) is 5. The van der Waals surface area contributed by atoms with Crippen LogP contribution in [0, 0.1) is 0 Å². The summed E-state index contributed by atoms with van der Waals surface area (Å²) in [4.78, 5) is 15.6. The number of furan rings is 1. The summed E-state index contributed by atoms with van der Waals surface area (Å²) in [6, 6.07) is 3.77. The number of rotatable bonds is 6. The molecule has 18 heavy (non-hydrogen) atoms. The molecule has 2 heterocycles. The van der Waals surface area contributed by atoms with Crippen LogP contribution in [-0.4, -0.2) is 32.9 Å². The van der Waals surface area contributed by atoms with Crippen LogP contribution in [0.5, 0.6) is 0 Å². The molecule has 7 heteroatoms. The molecule has 2 rings (SSSR count). The largest absolute Gasteiger partial charge is 0.469 e. The third-order valence-corrected chi connectivity index (χ3v) is 3.10. The Morgan fingerprint density at radius 1 is 1.67 bits per heavy atom. The Balaban J connectivity index is 1.70. The van der Waals surface area contributed by atoms with Crippen molar-refractivity contribution in [3.63, 3.8) is 0 Å². The normalized spacial score (nSPS) is 12.3. The zero-order chi connectivity index (χ0) is 12.8. The lowest BCUT2D eigenvalue weighted by atomic mass is 10.2. The SMILES string of the molecule is C[C@H](Cc1ccco1)NC(=O)CSc1ncn[nH]1. The first-order valence-electron chi connectivity index (χ1n) is 5.54. The highest BCUT2D eigenvalue weighted by molar-refractivity contribution is 7.99. The molecule has 1 atom stereocenters. The molecule has 0 bridgehead atoms. The lowest BCUT2D eigenvalue weighted by Crippen LogP contribution is -2.35. The number of amides is 1. The molecule has 0 aliphatic heterocycles. The topological polar surface area (TPSA) is 83.8 Å². The third kappa shape index (κ3) is 3.92. The summed E-state index contributed by atoms with van der Waals surface area (Å²) < 4.78 is 5.22. The van der Waals surface area contributed by atoms with Crippen molar-refractivity contribution in [2.24, 2.45) is 0 Å². The Labute approximate surface area is 109 Å². The van der Waals surface area contributed by atoms with E-state index < -0.39 is 0 Å². The summed E-state index contributed by atoms with van der Waals surface area (Å²) in [5.41, 5.74) is 0. The van der Waals surface area contributed by atoms with Crippen LogP contribution >= 0.6 is 11.8 Å². The van der Waals surface area contributed by atoms with E-state index in [2.05, 4.69) is 20.5 Å². The molecule has 96 valence electrons. The Hall–Kier alpha value is -1.76. The first-order chi connectivity index (χ1) is 8.74. The van der Waals surface area contributed by atoms with Gasteiger partial charge >= 0.3 is 0 Å². The monoisotopic (exact) mass is 266 g/mol. The summed E-state index contributed by atoms with van der Waals surface area (Å²) >= 11 is 1.32. The van der Waals surface area contributed by atoms with Crippen molar-refractivity contribution in [3.05, 3.63) is 30.5 Å². The fraction of sp³-hybridized carbons (Fsp3) is 0.364. The minimum Gasteiger partial charge on any atom is -0.469 e. The molecular formula is C11H14N4O2S. The Kier molecular flexibility index (Phi) is 4.40. The number of aromatic amines is 1. The van der Waals surface area contributed by atoms with Gasteiger partial charge in [-0.25, -0.2) is 4.98 Å². The molecule has 0 unspecified atom stereocenters. The van der Waals surface area contributed by atoms with E-state index in [0.29, 0.717) is 17.3 Å². The number of thioether (sulfide) groups is 1. The molecule has 0 aromatic carbocycles. The smallest absolute Gasteiger partial charge is 0.230 e. The summed E-state index contributed by atoms with van der Waals surface area (Å²) in [5, 5.41) is 9.94. The molecule has 0 spiro atoms. The van der Waals surface area contributed by atoms with Gasteiger partial charge < -0.3 is 9.73 Å². The lowest BCUT2D eigenvalue weighted by Gasteiger charge is -2.11. The van der Waals surface area contributed by atoms with E-state index in [1.807, 2.05) is 19.1 Å². The van der Waals surface area contributed by atoms with Gasteiger partial charge in [0.15, 0.2) is 5.16 Å². The van der Waals surface area contributed by atoms with Gasteiger partial charge in [-0.1, -0.05) is 11.8 Å². The van der Waals surface area contributed by atoms with Crippen molar-refractivity contribution in [2.45, 2.75) is 24.5 Å². The molecule has 0 fully saturated rings. The van der Waals surface area contributed by atoms with E-state index in [0.717, 1.165) is 5.76 Å². The van der Waals surface area contributed by atoms with Crippen LogP contribution in [0.15, 0.2) is 34.3 Å². The van der Waals surface area contributed by atoms with Gasteiger partial charge in [-0.3, -0.25) is 9.89 Å². The molecule has 0 aliphatic rings. The van der Waals surface area contributed by atoms with Crippen molar-refractivity contribution >= 4 is 17.7 Å². The first kappa shape index (κ1) is 12.7. The van der Waals surface area contributed by atoms with Gasteiger partial charge in [0, 0.05) is 12.5 Å². The number of aromatic nitrogens is 3. The summed E-state index contributed by atoms with van der Waals surface area (Å²) in [5.74, 6) is 1.15. The molecular weight excluding hydrogens is 252 g/mol. The van der Waals surface area contributed by atoms with Crippen LogP contribution < -0.4 is 5.32 Å². The van der Waals surface area contributed by atoms with Gasteiger partial charge in [0.05, 0.1) is 12.0 Å². The highest BCUT2D eigenvalue weighted by Gasteiger charge is 2.10. The van der Waals surface area contributed by atoms with Crippen LogP contribution in [0.25, 0.3) is 0 Å². The molecule has 0 radical (unpaired) electrons. The summed E-state index contributed by atoms with van der Waals surface area (Å²) in [7, 11) is 0. The van der Waals surface area contributed by atoms with Crippen LogP contribution in [0.4, 0.5) is 0 Å². The average Bonchev–Trinajstić information content (AvgIpc) is 2.98. The Morgan fingerprint density at radius 2 is 2.56 bits per heavy atom. The Morgan fingerprint density at radius 3 is 3.22 bits per heavy atom. The van der Waals surface area contributed by atoms with Crippen molar-refractivity contribution in [2.75, 3.05) is 5.75 Å². The highest BCUT2D eigenvalue weighted by Crippen LogP contribution is 2.10. The minimum absolute atomic E-state index is 0.0320. The highest BCUT2D eigenvalue weighted by atomic mass is 32.2. The molecule has 2 aromatic heterocycles. The second kappa shape index (κ2) is 6.25. The zero-order valence-electron chi connectivity index (χ0n) is 9.92. The standard InChI is InChI=1S/C11H14N4O2S/c1-8(5-9-3-2-4-17-9)14-10(16)6-18-11-12-7-13-15-11/h2-4,7-8H,5-6H2,1H3,(H,14,16)(H,12,13,15)/t8-/m1/s1. The molecule has 6 nitrogen and oxygen atoms in total. The molecule has 0 aliphatic carbocycles. The Bertz CT molecular complexity index is 469. The van der Waals surface area contributed by atoms with Gasteiger partial charge in [0.25, 0.3) is 0 Å². The van der Waals surface area contributed by atoms with E-state index in [4.69, 9.17) is 4.42 Å². The van der Waals surface area contributed by atoms with Crippen molar-refractivity contribution in [1.29, 1.82) is 0 Å². The van der Waals surface area contributed by atoms with E-state index in [1.165, 1.54) is 18.1 Å². The van der Waals surface area contributed by atoms with Crippen LogP contribution in [0.3, 0.4) is 0 Å². The minimum atomic E-state index is -0.0320. The van der Waals surface area contributed by atoms with Gasteiger partial charge in [-0.05, 0) is 19.1 Å². The van der Waals surface area contributed by atoms with Crippen LogP contribution in [-0.2, 0) is 11.2 Å². The van der Waals surface area contributed by atoms with Gasteiger partial charge in [0.1, 0.15) is 12.1 Å². The van der Waals surface area contributed by atoms with Crippen molar-refractivity contribution in [1.82, 2.24) is 20.5 Å². The molecule has 2 aromatic rings. The summed E-state index contributed by atoms with van der Waals surface area (Å²) in [6.45, 7) is 1.94. The maximum atomic E-state index is 11.7. The predicted octanol–water partition coefficient (Wildman–Crippen LogP) is 1.24. The second-order valence-electron chi connectivity index (χ2n) is 3.83. The van der Waals surface area contributed by atoms with E-state index in [1.54, 1.807) is 6.26 Å². The van der Waals surface area contributed by atoms with Gasteiger partial charge in [0.2, 0.25) is 5.91 Å². The van der Waals surface area contributed by atoms with Crippen molar-refractivity contribution < 1.29 is 9.21 Å². The number of nitrogens with one attached hydrogen (secondary N) is 2. The van der Waals surface area contributed by atoms with Crippen molar-refractivity contribution in [3.8, 4) is 0 Å². The number of hydrogen-bond donors (Lipinski definition) is 2. The quantitative estimate of drug-likeness (QED) is 0.768. The summed E-state index contributed by atoms with van der Waals surface area (Å²) in [6.07, 6.45) is 3.73. The average molecular weight is 266 g/mol. The third-order valence-electron chi connectivity index (χ3n) is 2.23. The number of carbonyl (C=O) groups is 1. The maximum absolute atomic E-state index is 11.7. The number of nitrogens with zero attached hydrogens (tertiary/aromatic N) is 2. The molecule has 1 amide bonds. The molecule has 2 N–H and O–H groups in total. The first-order valence-corrected chi connectivity index (χ1v) is 6.52.